The molecule has 0 aliphatic heterocycles. The summed E-state index contributed by atoms with van der Waals surface area (Å²) in [6, 6.07) is 9.32. The molecule has 0 radical (unpaired) electrons. The normalized spacial score (nSPS) is 12.2. The quantitative estimate of drug-likeness (QED) is 0.783. The maximum Gasteiger partial charge on any atom is 0.219 e. The molecule has 0 spiro atoms. The van der Waals surface area contributed by atoms with Crippen molar-refractivity contribution in [1.82, 2.24) is 4.90 Å². The molecule has 0 saturated heterocycles. The van der Waals surface area contributed by atoms with Gasteiger partial charge in [-0.1, -0.05) is 30.3 Å². The van der Waals surface area contributed by atoms with Crippen molar-refractivity contribution in [2.45, 2.75) is 13.0 Å². The Kier molecular flexibility index (Phi) is 3.65. The first-order valence-corrected chi connectivity index (χ1v) is 4.56. The second kappa shape index (κ2) is 4.77. The monoisotopic (exact) mass is 193 g/mol. The summed E-state index contributed by atoms with van der Waals surface area (Å²) in [6.07, 6.45) is -0.606. The zero-order valence-corrected chi connectivity index (χ0v) is 8.47. The van der Waals surface area contributed by atoms with Gasteiger partial charge in [0, 0.05) is 14.0 Å². The number of nitrogens with zero attached hydrogens (tertiary/aromatic N) is 1. The van der Waals surface area contributed by atoms with Crippen LogP contribution in [0.4, 0.5) is 0 Å². The number of amides is 1. The van der Waals surface area contributed by atoms with Gasteiger partial charge in [-0.05, 0) is 5.56 Å². The maximum absolute atomic E-state index is 10.9. The van der Waals surface area contributed by atoms with Crippen molar-refractivity contribution in [1.29, 1.82) is 0 Å². The summed E-state index contributed by atoms with van der Waals surface area (Å²) in [6.45, 7) is 1.82. The molecule has 1 N–H and O–H groups in total. The van der Waals surface area contributed by atoms with Crippen LogP contribution in [0.5, 0.6) is 0 Å². The SMILES string of the molecule is CC(=O)N(C)C[C@H](O)c1ccccc1. The van der Waals surface area contributed by atoms with Crippen molar-refractivity contribution in [3.05, 3.63) is 35.9 Å². The average molecular weight is 193 g/mol. The van der Waals surface area contributed by atoms with Crippen LogP contribution in [0.2, 0.25) is 0 Å². The molecule has 1 aromatic rings. The molecule has 14 heavy (non-hydrogen) atoms. The van der Waals surface area contributed by atoms with Crippen molar-refractivity contribution >= 4 is 5.91 Å². The van der Waals surface area contributed by atoms with Gasteiger partial charge in [-0.15, -0.1) is 0 Å². The third kappa shape index (κ3) is 2.85. The van der Waals surface area contributed by atoms with E-state index < -0.39 is 6.10 Å². The van der Waals surface area contributed by atoms with E-state index in [0.29, 0.717) is 6.54 Å². The van der Waals surface area contributed by atoms with E-state index in [9.17, 15) is 9.90 Å². The average Bonchev–Trinajstić information content (AvgIpc) is 2.19. The van der Waals surface area contributed by atoms with E-state index in [4.69, 9.17) is 0 Å². The number of carbonyl (C=O) groups excluding carboxylic acids is 1. The van der Waals surface area contributed by atoms with Crippen LogP contribution in [-0.2, 0) is 4.79 Å². The topological polar surface area (TPSA) is 40.5 Å². The molecule has 1 amide bonds. The fraction of sp³-hybridized carbons (Fsp3) is 0.364. The standard InChI is InChI=1S/C11H15NO2/c1-9(13)12(2)8-11(14)10-6-4-3-5-7-10/h3-7,11,14H,8H2,1-2H3/t11-/m0/s1. The van der Waals surface area contributed by atoms with Crippen LogP contribution in [-0.4, -0.2) is 29.5 Å². The van der Waals surface area contributed by atoms with Crippen LogP contribution in [0.1, 0.15) is 18.6 Å². The molecule has 0 bridgehead atoms. The Hall–Kier alpha value is -1.35. The molecule has 1 aromatic carbocycles. The van der Waals surface area contributed by atoms with E-state index in [1.54, 1.807) is 7.05 Å². The van der Waals surface area contributed by atoms with Gasteiger partial charge >= 0.3 is 0 Å². The highest BCUT2D eigenvalue weighted by Crippen LogP contribution is 2.12. The van der Waals surface area contributed by atoms with E-state index in [-0.39, 0.29) is 5.91 Å². The number of likely N-dealkylation sites (N-methyl/N-ethyl adjacent to an activating group) is 1. The van der Waals surface area contributed by atoms with Crippen LogP contribution < -0.4 is 0 Å². The molecule has 0 aliphatic rings. The first-order chi connectivity index (χ1) is 6.61. The lowest BCUT2D eigenvalue weighted by Gasteiger charge is -2.19. The minimum Gasteiger partial charge on any atom is -0.387 e. The highest BCUT2D eigenvalue weighted by atomic mass is 16.3. The van der Waals surface area contributed by atoms with E-state index >= 15 is 0 Å². The fourth-order valence-corrected chi connectivity index (χ4v) is 1.17. The molecule has 0 saturated carbocycles. The molecule has 1 rings (SSSR count). The first kappa shape index (κ1) is 10.7. The van der Waals surface area contributed by atoms with Gasteiger partial charge in [0.05, 0.1) is 12.6 Å². The predicted molar refractivity (Wildman–Crippen MR) is 54.7 cm³/mol. The molecule has 3 heteroatoms. The highest BCUT2D eigenvalue weighted by molar-refractivity contribution is 5.72. The van der Waals surface area contributed by atoms with Gasteiger partial charge in [0.15, 0.2) is 0 Å². The zero-order valence-electron chi connectivity index (χ0n) is 8.47. The lowest BCUT2D eigenvalue weighted by atomic mass is 10.1. The molecular formula is C11H15NO2. The smallest absolute Gasteiger partial charge is 0.219 e. The second-order valence-electron chi connectivity index (χ2n) is 3.33. The molecule has 0 aliphatic carbocycles. The fourth-order valence-electron chi connectivity index (χ4n) is 1.17. The Labute approximate surface area is 84.0 Å². The number of benzene rings is 1. The van der Waals surface area contributed by atoms with E-state index in [2.05, 4.69) is 0 Å². The van der Waals surface area contributed by atoms with Gasteiger partial charge in [0.25, 0.3) is 0 Å². The van der Waals surface area contributed by atoms with Crippen LogP contribution >= 0.6 is 0 Å². The van der Waals surface area contributed by atoms with Crippen LogP contribution in [0.3, 0.4) is 0 Å². The van der Waals surface area contributed by atoms with Crippen molar-refractivity contribution in [2.24, 2.45) is 0 Å². The van der Waals surface area contributed by atoms with Crippen molar-refractivity contribution < 1.29 is 9.90 Å². The van der Waals surface area contributed by atoms with Crippen LogP contribution in [0, 0.1) is 0 Å². The molecule has 0 fully saturated rings. The summed E-state index contributed by atoms with van der Waals surface area (Å²) >= 11 is 0. The predicted octanol–water partition coefficient (Wildman–Crippen LogP) is 1.20. The van der Waals surface area contributed by atoms with E-state index in [1.165, 1.54) is 11.8 Å². The molecule has 1 atom stereocenters. The van der Waals surface area contributed by atoms with Crippen molar-refractivity contribution in [2.75, 3.05) is 13.6 Å². The molecule has 0 aromatic heterocycles. The number of aliphatic hydroxyl groups is 1. The van der Waals surface area contributed by atoms with E-state index in [0.717, 1.165) is 5.56 Å². The van der Waals surface area contributed by atoms with Gasteiger partial charge in [0.1, 0.15) is 0 Å². The second-order valence-corrected chi connectivity index (χ2v) is 3.33. The third-order valence-corrected chi connectivity index (χ3v) is 2.17. The van der Waals surface area contributed by atoms with Gasteiger partial charge < -0.3 is 10.0 Å². The molecule has 0 unspecified atom stereocenters. The largest absolute Gasteiger partial charge is 0.387 e. The third-order valence-electron chi connectivity index (χ3n) is 2.17. The summed E-state index contributed by atoms with van der Waals surface area (Å²) in [5.41, 5.74) is 0.834. The van der Waals surface area contributed by atoms with Gasteiger partial charge in [-0.25, -0.2) is 0 Å². The van der Waals surface area contributed by atoms with Crippen LogP contribution in [0.25, 0.3) is 0 Å². The first-order valence-electron chi connectivity index (χ1n) is 4.56. The summed E-state index contributed by atoms with van der Waals surface area (Å²) in [5, 5.41) is 9.75. The van der Waals surface area contributed by atoms with Crippen molar-refractivity contribution in [3.63, 3.8) is 0 Å². The lowest BCUT2D eigenvalue weighted by Crippen LogP contribution is -2.28. The summed E-state index contributed by atoms with van der Waals surface area (Å²) in [7, 11) is 1.68. The van der Waals surface area contributed by atoms with Gasteiger partial charge in [0.2, 0.25) is 5.91 Å². The number of aliphatic hydroxyl groups excluding tert-OH is 1. The number of carbonyl (C=O) groups is 1. The summed E-state index contributed by atoms with van der Waals surface area (Å²) in [4.78, 5) is 12.4. The number of hydrogen-bond donors (Lipinski definition) is 1. The molecule has 0 heterocycles. The summed E-state index contributed by atoms with van der Waals surface area (Å²) in [5.74, 6) is -0.0417. The molecule has 3 nitrogen and oxygen atoms in total. The zero-order chi connectivity index (χ0) is 10.6. The van der Waals surface area contributed by atoms with Gasteiger partial charge in [-0.2, -0.15) is 0 Å². The number of rotatable bonds is 3. The Morgan fingerprint density at radius 3 is 2.50 bits per heavy atom. The van der Waals surface area contributed by atoms with Gasteiger partial charge in [-0.3, -0.25) is 4.79 Å². The molecule has 76 valence electrons. The van der Waals surface area contributed by atoms with E-state index in [1.807, 2.05) is 30.3 Å². The number of hydrogen-bond acceptors (Lipinski definition) is 2. The Balaban J connectivity index is 2.59. The minimum atomic E-state index is -0.606. The Bertz CT molecular complexity index is 297. The van der Waals surface area contributed by atoms with Crippen LogP contribution in [0.15, 0.2) is 30.3 Å². The highest BCUT2D eigenvalue weighted by Gasteiger charge is 2.11. The Morgan fingerprint density at radius 1 is 1.43 bits per heavy atom. The minimum absolute atomic E-state index is 0.0417. The Morgan fingerprint density at radius 2 is 2.00 bits per heavy atom. The lowest BCUT2D eigenvalue weighted by molar-refractivity contribution is -0.128. The van der Waals surface area contributed by atoms with Crippen molar-refractivity contribution in [3.8, 4) is 0 Å². The summed E-state index contributed by atoms with van der Waals surface area (Å²) < 4.78 is 0. The molecular weight excluding hydrogens is 178 g/mol. The maximum atomic E-state index is 10.9.